The molecule has 0 radical (unpaired) electrons. The number of ether oxygens (including phenoxy) is 1. The number of aromatic nitrogens is 3. The van der Waals surface area contributed by atoms with Crippen molar-refractivity contribution in [1.29, 1.82) is 0 Å². The average molecular weight is 286 g/mol. The van der Waals surface area contributed by atoms with Gasteiger partial charge < -0.3 is 9.30 Å². The molecule has 21 heavy (non-hydrogen) atoms. The van der Waals surface area contributed by atoms with Gasteiger partial charge in [-0.05, 0) is 31.7 Å². The summed E-state index contributed by atoms with van der Waals surface area (Å²) in [5.74, 6) is 1.17. The molecular formula is C16H22N4O. The van der Waals surface area contributed by atoms with E-state index in [9.17, 15) is 0 Å². The quantitative estimate of drug-likeness (QED) is 0.789. The van der Waals surface area contributed by atoms with Crippen molar-refractivity contribution >= 4 is 0 Å². The lowest BCUT2D eigenvalue weighted by Crippen LogP contribution is -2.34. The highest BCUT2D eigenvalue weighted by atomic mass is 16.5. The Kier molecular flexibility index (Phi) is 4.31. The minimum absolute atomic E-state index is 0.394. The smallest absolute Gasteiger partial charge is 0.126 e. The van der Waals surface area contributed by atoms with Crippen LogP contribution in [0.25, 0.3) is 0 Å². The Bertz CT molecular complexity index is 581. The zero-order valence-corrected chi connectivity index (χ0v) is 12.7. The number of pyridine rings is 1. The van der Waals surface area contributed by atoms with Crippen molar-refractivity contribution in [2.24, 2.45) is 0 Å². The van der Waals surface area contributed by atoms with E-state index >= 15 is 0 Å². The molecule has 0 saturated heterocycles. The van der Waals surface area contributed by atoms with Crippen molar-refractivity contribution in [2.75, 3.05) is 20.2 Å². The second kappa shape index (κ2) is 6.37. The number of imidazole rings is 1. The molecule has 0 unspecified atom stereocenters. The molecule has 3 heterocycles. The summed E-state index contributed by atoms with van der Waals surface area (Å²) in [7, 11) is 2.15. The lowest BCUT2D eigenvalue weighted by atomic mass is 10.2. The van der Waals surface area contributed by atoms with Gasteiger partial charge in [0.1, 0.15) is 5.82 Å². The predicted octanol–water partition coefficient (Wildman–Crippen LogP) is 2.04. The van der Waals surface area contributed by atoms with E-state index in [1.165, 1.54) is 11.5 Å². The Hall–Kier alpha value is -1.72. The maximum Gasteiger partial charge on any atom is 0.126 e. The van der Waals surface area contributed by atoms with Gasteiger partial charge in [-0.1, -0.05) is 0 Å². The molecule has 0 N–H and O–H groups in total. The van der Waals surface area contributed by atoms with Crippen molar-refractivity contribution in [3.63, 3.8) is 0 Å². The van der Waals surface area contributed by atoms with E-state index in [0.717, 1.165) is 31.7 Å². The van der Waals surface area contributed by atoms with Crippen LogP contribution in [0.2, 0.25) is 0 Å². The van der Waals surface area contributed by atoms with Crippen LogP contribution in [-0.4, -0.2) is 39.6 Å². The Morgan fingerprint density at radius 3 is 2.90 bits per heavy atom. The number of rotatable bonds is 5. The first-order valence-electron chi connectivity index (χ1n) is 7.47. The van der Waals surface area contributed by atoms with Gasteiger partial charge in [0, 0.05) is 43.8 Å². The SMILES string of the molecule is C[C@H]1c2ncc(CCOCc3ccncc3)n2CCN1C. The highest BCUT2D eigenvalue weighted by Crippen LogP contribution is 2.23. The van der Waals surface area contributed by atoms with Gasteiger partial charge in [-0.2, -0.15) is 0 Å². The number of fused-ring (bicyclic) bond motifs is 1. The van der Waals surface area contributed by atoms with Crippen LogP contribution in [0, 0.1) is 0 Å². The fraction of sp³-hybridized carbons (Fsp3) is 0.500. The van der Waals surface area contributed by atoms with E-state index < -0.39 is 0 Å². The highest BCUT2D eigenvalue weighted by molar-refractivity contribution is 5.11. The number of nitrogens with zero attached hydrogens (tertiary/aromatic N) is 4. The lowest BCUT2D eigenvalue weighted by Gasteiger charge is -2.31. The van der Waals surface area contributed by atoms with Crippen molar-refractivity contribution < 1.29 is 4.74 Å². The topological polar surface area (TPSA) is 43.2 Å². The monoisotopic (exact) mass is 286 g/mol. The Balaban J connectivity index is 1.54. The van der Waals surface area contributed by atoms with E-state index in [2.05, 4.69) is 33.4 Å². The van der Waals surface area contributed by atoms with Crippen LogP contribution in [0.15, 0.2) is 30.7 Å². The Morgan fingerprint density at radius 2 is 2.10 bits per heavy atom. The van der Waals surface area contributed by atoms with Crippen LogP contribution in [0.1, 0.15) is 30.0 Å². The molecule has 2 aromatic rings. The van der Waals surface area contributed by atoms with E-state index in [1.807, 2.05) is 18.3 Å². The van der Waals surface area contributed by atoms with Gasteiger partial charge in [-0.3, -0.25) is 9.88 Å². The molecule has 3 rings (SSSR count). The van der Waals surface area contributed by atoms with Gasteiger partial charge in [-0.15, -0.1) is 0 Å². The molecule has 1 atom stereocenters. The van der Waals surface area contributed by atoms with Crippen molar-refractivity contribution in [1.82, 2.24) is 19.4 Å². The van der Waals surface area contributed by atoms with Gasteiger partial charge in [0.05, 0.1) is 19.3 Å². The van der Waals surface area contributed by atoms with Gasteiger partial charge in [-0.25, -0.2) is 4.98 Å². The first kappa shape index (κ1) is 14.2. The van der Waals surface area contributed by atoms with E-state index in [4.69, 9.17) is 4.74 Å². The summed E-state index contributed by atoms with van der Waals surface area (Å²) in [5.41, 5.74) is 2.44. The first-order chi connectivity index (χ1) is 10.3. The number of likely N-dealkylation sites (N-methyl/N-ethyl adjacent to an activating group) is 1. The molecule has 0 fully saturated rings. The molecule has 0 saturated carbocycles. The molecule has 0 spiro atoms. The molecule has 2 aromatic heterocycles. The van der Waals surface area contributed by atoms with E-state index in [0.29, 0.717) is 12.6 Å². The summed E-state index contributed by atoms with van der Waals surface area (Å²) in [6.45, 7) is 5.67. The predicted molar refractivity (Wildman–Crippen MR) is 80.9 cm³/mol. The maximum absolute atomic E-state index is 5.75. The summed E-state index contributed by atoms with van der Waals surface area (Å²) in [5, 5.41) is 0. The van der Waals surface area contributed by atoms with Gasteiger partial charge in [0.2, 0.25) is 0 Å². The normalized spacial score (nSPS) is 18.7. The van der Waals surface area contributed by atoms with Gasteiger partial charge in [0.25, 0.3) is 0 Å². The summed E-state index contributed by atoms with van der Waals surface area (Å²) in [6, 6.07) is 4.36. The third kappa shape index (κ3) is 3.14. The molecule has 0 aliphatic carbocycles. The molecule has 1 aliphatic rings. The van der Waals surface area contributed by atoms with Crippen LogP contribution in [0.3, 0.4) is 0 Å². The fourth-order valence-electron chi connectivity index (χ4n) is 2.71. The minimum Gasteiger partial charge on any atom is -0.376 e. The molecule has 0 amide bonds. The second-order valence-corrected chi connectivity index (χ2v) is 5.57. The largest absolute Gasteiger partial charge is 0.376 e. The number of hydrogen-bond acceptors (Lipinski definition) is 4. The molecule has 0 aromatic carbocycles. The zero-order chi connectivity index (χ0) is 14.7. The van der Waals surface area contributed by atoms with Gasteiger partial charge >= 0.3 is 0 Å². The Labute approximate surface area is 125 Å². The third-order valence-corrected chi connectivity index (χ3v) is 4.20. The molecule has 1 aliphatic heterocycles. The summed E-state index contributed by atoms with van der Waals surface area (Å²) in [6.07, 6.45) is 6.50. The fourth-order valence-corrected chi connectivity index (χ4v) is 2.71. The zero-order valence-electron chi connectivity index (χ0n) is 12.7. The lowest BCUT2D eigenvalue weighted by molar-refractivity contribution is 0.121. The van der Waals surface area contributed by atoms with Crippen LogP contribution in [0.5, 0.6) is 0 Å². The van der Waals surface area contributed by atoms with Crippen molar-refractivity contribution in [3.8, 4) is 0 Å². The maximum atomic E-state index is 5.75. The summed E-state index contributed by atoms with van der Waals surface area (Å²) < 4.78 is 8.10. The molecular weight excluding hydrogens is 264 g/mol. The number of hydrogen-bond donors (Lipinski definition) is 0. The minimum atomic E-state index is 0.394. The van der Waals surface area contributed by atoms with Crippen LogP contribution >= 0.6 is 0 Å². The van der Waals surface area contributed by atoms with E-state index in [1.54, 1.807) is 12.4 Å². The standard InChI is InChI=1S/C16H22N4O/c1-13-16-18-11-15(20(16)9-8-19(13)2)5-10-21-12-14-3-6-17-7-4-14/h3-4,6-7,11,13H,5,8-10,12H2,1-2H3/t13-/m0/s1. The van der Waals surface area contributed by atoms with E-state index in [-0.39, 0.29) is 0 Å². The average Bonchev–Trinajstić information content (AvgIpc) is 2.92. The third-order valence-electron chi connectivity index (χ3n) is 4.20. The van der Waals surface area contributed by atoms with Gasteiger partial charge in [0.15, 0.2) is 0 Å². The molecule has 5 nitrogen and oxygen atoms in total. The van der Waals surface area contributed by atoms with Crippen molar-refractivity contribution in [3.05, 3.63) is 47.8 Å². The summed E-state index contributed by atoms with van der Waals surface area (Å²) in [4.78, 5) is 10.9. The molecule has 0 bridgehead atoms. The molecule has 112 valence electrons. The summed E-state index contributed by atoms with van der Waals surface area (Å²) >= 11 is 0. The van der Waals surface area contributed by atoms with Crippen molar-refractivity contribution in [2.45, 2.75) is 32.5 Å². The Morgan fingerprint density at radius 1 is 1.29 bits per heavy atom. The van der Waals surface area contributed by atoms with Crippen LogP contribution in [0.4, 0.5) is 0 Å². The van der Waals surface area contributed by atoms with Crippen LogP contribution in [-0.2, 0) is 24.3 Å². The molecule has 5 heteroatoms. The second-order valence-electron chi connectivity index (χ2n) is 5.57. The highest BCUT2D eigenvalue weighted by Gasteiger charge is 2.23. The first-order valence-corrected chi connectivity index (χ1v) is 7.47. The van der Waals surface area contributed by atoms with Crippen LogP contribution < -0.4 is 0 Å².